The summed E-state index contributed by atoms with van der Waals surface area (Å²) in [6.45, 7) is 1.46. The molecule has 1 unspecified atom stereocenters. The van der Waals surface area contributed by atoms with Gasteiger partial charge in [0.2, 0.25) is 0 Å². The highest BCUT2D eigenvalue weighted by Gasteiger charge is 2.21. The molecule has 0 bridgehead atoms. The van der Waals surface area contributed by atoms with Gasteiger partial charge in [-0.05, 0) is 6.42 Å². The summed E-state index contributed by atoms with van der Waals surface area (Å²) < 4.78 is 58.0. The van der Waals surface area contributed by atoms with Gasteiger partial charge < -0.3 is 4.55 Å². The molecule has 0 amide bonds. The molecule has 78 valence electrons. The lowest BCUT2D eigenvalue weighted by Gasteiger charge is -2.06. The third-order valence-corrected chi connectivity index (χ3v) is 2.47. The molecule has 1 atom stereocenters. The predicted molar refractivity (Wildman–Crippen MR) is 44.7 cm³/mol. The van der Waals surface area contributed by atoms with E-state index < -0.39 is 33.4 Å². The Morgan fingerprint density at radius 3 is 2.36 bits per heavy atom. The van der Waals surface area contributed by atoms with E-state index in [0.717, 1.165) is 0 Å². The van der Waals surface area contributed by atoms with Gasteiger partial charge in [0.1, 0.15) is 16.5 Å². The molecule has 0 heterocycles. The van der Waals surface area contributed by atoms with E-state index in [4.69, 9.17) is 4.55 Å². The minimum absolute atomic E-state index is 0.0118. The minimum atomic E-state index is -2.79. The molecule has 1 rings (SSSR count). The van der Waals surface area contributed by atoms with Crippen molar-refractivity contribution in [1.29, 1.82) is 0 Å². The van der Waals surface area contributed by atoms with E-state index in [2.05, 4.69) is 0 Å². The van der Waals surface area contributed by atoms with Gasteiger partial charge in [0.25, 0.3) is 0 Å². The first-order valence-corrected chi connectivity index (χ1v) is 4.87. The van der Waals surface area contributed by atoms with Crippen molar-refractivity contribution in [1.82, 2.24) is 0 Å². The molecule has 0 saturated carbocycles. The third kappa shape index (κ3) is 1.80. The second kappa shape index (κ2) is 4.10. The number of benzene rings is 1. The van der Waals surface area contributed by atoms with Crippen molar-refractivity contribution in [3.05, 3.63) is 29.1 Å². The van der Waals surface area contributed by atoms with Crippen LogP contribution in [0.1, 0.15) is 12.5 Å². The van der Waals surface area contributed by atoms with Crippen LogP contribution in [0.4, 0.5) is 13.2 Å². The van der Waals surface area contributed by atoms with E-state index in [0.29, 0.717) is 6.07 Å². The van der Waals surface area contributed by atoms with Gasteiger partial charge in [-0.3, -0.25) is 0 Å². The second-order valence-electron chi connectivity index (χ2n) is 2.56. The van der Waals surface area contributed by atoms with Crippen LogP contribution in [0.5, 0.6) is 0 Å². The van der Waals surface area contributed by atoms with Crippen LogP contribution < -0.4 is 0 Å². The fourth-order valence-corrected chi connectivity index (χ4v) is 1.60. The molecule has 0 aromatic heterocycles. The van der Waals surface area contributed by atoms with E-state index >= 15 is 0 Å². The zero-order chi connectivity index (χ0) is 10.9. The summed E-state index contributed by atoms with van der Waals surface area (Å²) in [6, 6.07) is 0.408. The van der Waals surface area contributed by atoms with E-state index in [-0.39, 0.29) is 12.0 Å². The predicted octanol–water partition coefficient (Wildman–Crippen LogP) is 2.25. The summed E-state index contributed by atoms with van der Waals surface area (Å²) in [5.74, 6) is -3.68. The van der Waals surface area contributed by atoms with Crippen molar-refractivity contribution >= 4 is 11.1 Å². The molecular weight excluding hydrogens is 217 g/mol. The lowest BCUT2D eigenvalue weighted by atomic mass is 10.1. The molecule has 0 aliphatic rings. The summed E-state index contributed by atoms with van der Waals surface area (Å²) in [6.07, 6.45) is -0.0118. The lowest BCUT2D eigenvalue weighted by molar-refractivity contribution is 0.478. The Morgan fingerprint density at radius 2 is 1.93 bits per heavy atom. The van der Waals surface area contributed by atoms with Crippen molar-refractivity contribution in [3.8, 4) is 0 Å². The molecule has 14 heavy (non-hydrogen) atoms. The van der Waals surface area contributed by atoms with Crippen LogP contribution in [0.3, 0.4) is 0 Å². The van der Waals surface area contributed by atoms with Gasteiger partial charge in [-0.1, -0.05) is 6.92 Å². The largest absolute Gasteiger partial charge is 0.302 e. The van der Waals surface area contributed by atoms with Crippen LogP contribution >= 0.6 is 0 Å². The first-order chi connectivity index (χ1) is 6.49. The fourth-order valence-electron chi connectivity index (χ4n) is 1.09. The van der Waals surface area contributed by atoms with Crippen molar-refractivity contribution in [3.63, 3.8) is 0 Å². The Labute approximate surface area is 81.0 Å². The van der Waals surface area contributed by atoms with Gasteiger partial charge in [0.15, 0.2) is 16.9 Å². The van der Waals surface area contributed by atoms with Crippen LogP contribution in [-0.4, -0.2) is 8.76 Å². The molecule has 0 aliphatic carbocycles. The maximum atomic E-state index is 13.2. The zero-order valence-electron chi connectivity index (χ0n) is 7.18. The summed E-state index contributed by atoms with van der Waals surface area (Å²) >= 11 is -2.79. The molecule has 0 radical (unpaired) electrons. The summed E-state index contributed by atoms with van der Waals surface area (Å²) in [5, 5.41) is 0. The molecule has 0 aliphatic heterocycles. The molecule has 1 aromatic rings. The monoisotopic (exact) mass is 224 g/mol. The number of halogens is 3. The Balaban J connectivity index is 3.52. The molecule has 2 nitrogen and oxygen atoms in total. The Hall–Kier alpha value is -0.880. The quantitative estimate of drug-likeness (QED) is 0.782. The summed E-state index contributed by atoms with van der Waals surface area (Å²) in [7, 11) is 0. The summed E-state index contributed by atoms with van der Waals surface area (Å²) in [4.78, 5) is -0.997. The number of hydrogen-bond donors (Lipinski definition) is 1. The number of hydrogen-bond acceptors (Lipinski definition) is 1. The van der Waals surface area contributed by atoms with Crippen LogP contribution in [0, 0.1) is 17.5 Å². The minimum Gasteiger partial charge on any atom is -0.302 e. The van der Waals surface area contributed by atoms with Gasteiger partial charge >= 0.3 is 0 Å². The fraction of sp³-hybridized carbons (Fsp3) is 0.250. The SMILES string of the molecule is CCc1c(F)cc(F)c(S(=O)O)c1F. The Kier molecular flexibility index (Phi) is 3.28. The standard InChI is InChI=1S/C8H7F3O2S/c1-2-4-5(9)3-6(10)8(7(4)11)14(12)13/h3H,2H2,1H3,(H,12,13). The normalized spacial score (nSPS) is 12.9. The zero-order valence-corrected chi connectivity index (χ0v) is 8.00. The highest BCUT2D eigenvalue weighted by atomic mass is 32.2. The van der Waals surface area contributed by atoms with E-state index in [1.165, 1.54) is 6.92 Å². The van der Waals surface area contributed by atoms with Gasteiger partial charge in [0, 0.05) is 11.6 Å². The van der Waals surface area contributed by atoms with Crippen molar-refractivity contribution in [2.24, 2.45) is 0 Å². The third-order valence-electron chi connectivity index (χ3n) is 1.75. The molecule has 0 spiro atoms. The van der Waals surface area contributed by atoms with Crippen LogP contribution in [0.15, 0.2) is 11.0 Å². The van der Waals surface area contributed by atoms with Crippen LogP contribution in [0.25, 0.3) is 0 Å². The lowest BCUT2D eigenvalue weighted by Crippen LogP contribution is -2.04. The molecule has 0 fully saturated rings. The highest BCUT2D eigenvalue weighted by Crippen LogP contribution is 2.22. The van der Waals surface area contributed by atoms with Crippen LogP contribution in [0.2, 0.25) is 0 Å². The van der Waals surface area contributed by atoms with E-state index in [1.807, 2.05) is 0 Å². The highest BCUT2D eigenvalue weighted by molar-refractivity contribution is 7.79. The van der Waals surface area contributed by atoms with Crippen molar-refractivity contribution in [2.45, 2.75) is 18.2 Å². The van der Waals surface area contributed by atoms with E-state index in [1.54, 1.807) is 0 Å². The molecule has 1 N–H and O–H groups in total. The van der Waals surface area contributed by atoms with Gasteiger partial charge in [0.05, 0.1) is 0 Å². The van der Waals surface area contributed by atoms with Gasteiger partial charge in [-0.25, -0.2) is 17.4 Å². The smallest absolute Gasteiger partial charge is 0.192 e. The van der Waals surface area contributed by atoms with Crippen molar-refractivity contribution in [2.75, 3.05) is 0 Å². The molecule has 0 saturated heterocycles. The van der Waals surface area contributed by atoms with Gasteiger partial charge in [-0.15, -0.1) is 0 Å². The topological polar surface area (TPSA) is 37.3 Å². The number of rotatable bonds is 2. The average molecular weight is 224 g/mol. The molecular formula is C8H7F3O2S. The Bertz CT molecular complexity index is 393. The molecule has 6 heteroatoms. The molecule has 1 aromatic carbocycles. The van der Waals surface area contributed by atoms with Gasteiger partial charge in [-0.2, -0.15) is 0 Å². The first-order valence-electron chi connectivity index (χ1n) is 3.76. The maximum Gasteiger partial charge on any atom is 0.192 e. The average Bonchev–Trinajstić information content (AvgIpc) is 2.02. The van der Waals surface area contributed by atoms with Crippen molar-refractivity contribution < 1.29 is 21.9 Å². The Morgan fingerprint density at radius 1 is 1.36 bits per heavy atom. The van der Waals surface area contributed by atoms with Crippen LogP contribution in [-0.2, 0) is 17.5 Å². The summed E-state index contributed by atoms with van der Waals surface area (Å²) in [5.41, 5.74) is -0.385. The maximum absolute atomic E-state index is 13.2. The van der Waals surface area contributed by atoms with E-state index in [9.17, 15) is 17.4 Å². The second-order valence-corrected chi connectivity index (χ2v) is 3.47. The first kappa shape index (κ1) is 11.2.